The van der Waals surface area contributed by atoms with Gasteiger partial charge < -0.3 is 9.88 Å². The Kier molecular flexibility index (Phi) is 4.70. The number of halogens is 2. The van der Waals surface area contributed by atoms with Crippen LogP contribution < -0.4 is 5.32 Å². The number of carbonyl (C=O) groups excluding carboxylic acids is 2. The number of nitrogens with zero attached hydrogens (tertiary/aromatic N) is 1. The van der Waals surface area contributed by atoms with Gasteiger partial charge in [-0.05, 0) is 29.8 Å². The Bertz CT molecular complexity index is 920. The number of nitrogens with one attached hydrogen (secondary N) is 1. The first-order valence-corrected chi connectivity index (χ1v) is 7.54. The van der Waals surface area contributed by atoms with Gasteiger partial charge in [0.1, 0.15) is 0 Å². The van der Waals surface area contributed by atoms with Crippen molar-refractivity contribution >= 4 is 17.4 Å². The van der Waals surface area contributed by atoms with Crippen molar-refractivity contribution in [1.29, 1.82) is 0 Å². The van der Waals surface area contributed by atoms with Gasteiger partial charge in [-0.25, -0.2) is 8.78 Å². The van der Waals surface area contributed by atoms with Crippen LogP contribution in [0, 0.1) is 11.6 Å². The fourth-order valence-electron chi connectivity index (χ4n) is 2.42. The molecule has 0 saturated carbocycles. The average Bonchev–Trinajstić information content (AvgIpc) is 3.06. The lowest BCUT2D eigenvalue weighted by atomic mass is 10.2. The number of benzene rings is 2. The molecule has 0 unspecified atom stereocenters. The zero-order valence-corrected chi connectivity index (χ0v) is 13.1. The molecule has 0 radical (unpaired) electrons. The van der Waals surface area contributed by atoms with E-state index in [-0.39, 0.29) is 11.4 Å². The zero-order chi connectivity index (χ0) is 17.8. The zero-order valence-electron chi connectivity index (χ0n) is 13.1. The lowest BCUT2D eigenvalue weighted by Crippen LogP contribution is -2.25. The Hall–Kier alpha value is -3.28. The summed E-state index contributed by atoms with van der Waals surface area (Å²) in [5.41, 5.74) is 1.20. The SMILES string of the molecule is O=C(Nc1ccc(F)c(F)c1)C(=O)c1cccn1Cc1ccccc1. The first-order valence-electron chi connectivity index (χ1n) is 7.54. The number of hydrogen-bond donors (Lipinski definition) is 1. The molecular weight excluding hydrogens is 326 g/mol. The predicted octanol–water partition coefficient (Wildman–Crippen LogP) is 3.64. The standard InChI is InChI=1S/C19H14F2N2O2/c20-15-9-8-14(11-16(15)21)22-19(25)18(24)17-7-4-10-23(17)12-13-5-2-1-3-6-13/h1-11H,12H2,(H,22,25). The topological polar surface area (TPSA) is 51.1 Å². The highest BCUT2D eigenvalue weighted by molar-refractivity contribution is 6.46. The predicted molar refractivity (Wildman–Crippen MR) is 89.3 cm³/mol. The van der Waals surface area contributed by atoms with E-state index in [0.717, 1.165) is 17.7 Å². The third kappa shape index (κ3) is 3.80. The Morgan fingerprint density at radius 1 is 0.920 bits per heavy atom. The Balaban J connectivity index is 1.75. The lowest BCUT2D eigenvalue weighted by Gasteiger charge is -2.09. The molecule has 0 saturated heterocycles. The summed E-state index contributed by atoms with van der Waals surface area (Å²) in [4.78, 5) is 24.5. The Morgan fingerprint density at radius 3 is 2.40 bits per heavy atom. The molecule has 1 N–H and O–H groups in total. The van der Waals surface area contributed by atoms with E-state index in [0.29, 0.717) is 6.54 Å². The second-order valence-electron chi connectivity index (χ2n) is 5.42. The van der Waals surface area contributed by atoms with Gasteiger partial charge in [0.2, 0.25) is 0 Å². The molecule has 1 aromatic heterocycles. The fraction of sp³-hybridized carbons (Fsp3) is 0.0526. The summed E-state index contributed by atoms with van der Waals surface area (Å²) >= 11 is 0. The number of anilines is 1. The highest BCUT2D eigenvalue weighted by atomic mass is 19.2. The van der Waals surface area contributed by atoms with E-state index in [4.69, 9.17) is 0 Å². The minimum Gasteiger partial charge on any atom is -0.340 e. The highest BCUT2D eigenvalue weighted by Crippen LogP contribution is 2.14. The van der Waals surface area contributed by atoms with Gasteiger partial charge in [0.25, 0.3) is 11.7 Å². The number of ketones is 1. The number of hydrogen-bond acceptors (Lipinski definition) is 2. The second kappa shape index (κ2) is 7.09. The maximum Gasteiger partial charge on any atom is 0.298 e. The first kappa shape index (κ1) is 16.6. The van der Waals surface area contributed by atoms with Gasteiger partial charge in [-0.3, -0.25) is 9.59 Å². The summed E-state index contributed by atoms with van der Waals surface area (Å²) < 4.78 is 27.8. The van der Waals surface area contributed by atoms with Crippen LogP contribution >= 0.6 is 0 Å². The van der Waals surface area contributed by atoms with Crippen molar-refractivity contribution < 1.29 is 18.4 Å². The largest absolute Gasteiger partial charge is 0.340 e. The molecule has 1 amide bonds. The molecule has 4 nitrogen and oxygen atoms in total. The third-order valence-electron chi connectivity index (χ3n) is 3.64. The van der Waals surface area contributed by atoms with Gasteiger partial charge in [-0.1, -0.05) is 30.3 Å². The van der Waals surface area contributed by atoms with E-state index in [1.165, 1.54) is 12.1 Å². The Morgan fingerprint density at radius 2 is 1.68 bits per heavy atom. The highest BCUT2D eigenvalue weighted by Gasteiger charge is 2.20. The van der Waals surface area contributed by atoms with Crippen molar-refractivity contribution in [1.82, 2.24) is 4.57 Å². The summed E-state index contributed by atoms with van der Waals surface area (Å²) in [5.74, 6) is -3.80. The molecule has 0 aliphatic heterocycles. The molecule has 0 fully saturated rings. The molecule has 2 aromatic carbocycles. The van der Waals surface area contributed by atoms with Crippen molar-refractivity contribution in [3.8, 4) is 0 Å². The summed E-state index contributed by atoms with van der Waals surface area (Å²) in [7, 11) is 0. The molecule has 0 aliphatic rings. The minimum absolute atomic E-state index is 0.0124. The van der Waals surface area contributed by atoms with E-state index in [9.17, 15) is 18.4 Å². The number of amides is 1. The molecule has 0 aliphatic carbocycles. The van der Waals surface area contributed by atoms with Crippen LogP contribution in [0.2, 0.25) is 0 Å². The van der Waals surface area contributed by atoms with E-state index in [2.05, 4.69) is 5.32 Å². The Labute approximate surface area is 142 Å². The number of carbonyl (C=O) groups is 2. The molecule has 1 heterocycles. The van der Waals surface area contributed by atoms with Crippen LogP contribution in [0.5, 0.6) is 0 Å². The van der Waals surface area contributed by atoms with Crippen molar-refractivity contribution in [2.24, 2.45) is 0 Å². The number of Topliss-reactive ketones (excluding diaryl/α,β-unsaturated/α-hetero) is 1. The summed E-state index contributed by atoms with van der Waals surface area (Å²) in [6, 6.07) is 15.6. The molecule has 126 valence electrons. The van der Waals surface area contributed by atoms with Crippen LogP contribution in [0.15, 0.2) is 66.9 Å². The number of rotatable bonds is 5. The normalized spacial score (nSPS) is 10.5. The van der Waals surface area contributed by atoms with E-state index in [1.54, 1.807) is 16.8 Å². The van der Waals surface area contributed by atoms with Crippen LogP contribution in [0.1, 0.15) is 16.1 Å². The maximum absolute atomic E-state index is 13.2. The second-order valence-corrected chi connectivity index (χ2v) is 5.42. The summed E-state index contributed by atoms with van der Waals surface area (Å²) in [6.45, 7) is 0.438. The van der Waals surface area contributed by atoms with Crippen LogP contribution in [-0.4, -0.2) is 16.3 Å². The van der Waals surface area contributed by atoms with Crippen molar-refractivity contribution in [2.45, 2.75) is 6.54 Å². The summed E-state index contributed by atoms with van der Waals surface area (Å²) in [5, 5.41) is 2.28. The molecule has 0 bridgehead atoms. The van der Waals surface area contributed by atoms with Gasteiger partial charge in [0, 0.05) is 24.5 Å². The van der Waals surface area contributed by atoms with E-state index >= 15 is 0 Å². The van der Waals surface area contributed by atoms with Crippen molar-refractivity contribution in [3.63, 3.8) is 0 Å². The fourth-order valence-corrected chi connectivity index (χ4v) is 2.42. The molecule has 0 atom stereocenters. The molecule has 0 spiro atoms. The van der Waals surface area contributed by atoms with Gasteiger partial charge in [0.05, 0.1) is 5.69 Å². The molecule has 25 heavy (non-hydrogen) atoms. The average molecular weight is 340 g/mol. The van der Waals surface area contributed by atoms with Crippen LogP contribution in [0.4, 0.5) is 14.5 Å². The van der Waals surface area contributed by atoms with Crippen molar-refractivity contribution in [2.75, 3.05) is 5.32 Å². The van der Waals surface area contributed by atoms with Crippen LogP contribution in [0.25, 0.3) is 0 Å². The van der Waals surface area contributed by atoms with Gasteiger partial charge in [-0.15, -0.1) is 0 Å². The van der Waals surface area contributed by atoms with Crippen molar-refractivity contribution in [3.05, 3.63) is 89.8 Å². The quantitative estimate of drug-likeness (QED) is 0.569. The third-order valence-corrected chi connectivity index (χ3v) is 3.64. The molecule has 3 rings (SSSR count). The minimum atomic E-state index is -1.10. The van der Waals surface area contributed by atoms with Gasteiger partial charge in [-0.2, -0.15) is 0 Å². The number of aromatic nitrogens is 1. The molecule has 3 aromatic rings. The van der Waals surface area contributed by atoms with E-state index < -0.39 is 23.3 Å². The smallest absolute Gasteiger partial charge is 0.298 e. The van der Waals surface area contributed by atoms with Gasteiger partial charge >= 0.3 is 0 Å². The first-order chi connectivity index (χ1) is 12.0. The maximum atomic E-state index is 13.2. The monoisotopic (exact) mass is 340 g/mol. The van der Waals surface area contributed by atoms with Crippen LogP contribution in [0.3, 0.4) is 0 Å². The van der Waals surface area contributed by atoms with E-state index in [1.807, 2.05) is 30.3 Å². The van der Waals surface area contributed by atoms with Gasteiger partial charge in [0.15, 0.2) is 11.6 Å². The molecule has 6 heteroatoms. The molecular formula is C19H14F2N2O2. The summed E-state index contributed by atoms with van der Waals surface area (Å²) in [6.07, 6.45) is 1.70. The lowest BCUT2D eigenvalue weighted by molar-refractivity contribution is -0.112. The van der Waals surface area contributed by atoms with Crippen LogP contribution in [-0.2, 0) is 11.3 Å².